The number of rotatable bonds is 6. The van der Waals surface area contributed by atoms with Crippen molar-refractivity contribution in [1.29, 1.82) is 0 Å². The zero-order chi connectivity index (χ0) is 15.2. The molecule has 0 spiro atoms. The molecule has 0 bridgehead atoms. The van der Waals surface area contributed by atoms with Crippen LogP contribution in [0.15, 0.2) is 48.5 Å². The van der Waals surface area contributed by atoms with Crippen molar-refractivity contribution >= 4 is 5.78 Å². The second-order valence-electron chi connectivity index (χ2n) is 5.33. The van der Waals surface area contributed by atoms with Crippen molar-refractivity contribution in [3.05, 3.63) is 71.3 Å². The van der Waals surface area contributed by atoms with E-state index in [1.807, 2.05) is 30.3 Å². The molecule has 0 saturated carbocycles. The summed E-state index contributed by atoms with van der Waals surface area (Å²) in [5.74, 6) is -1.33. The van der Waals surface area contributed by atoms with E-state index in [1.165, 1.54) is 12.1 Å². The molecule has 0 amide bonds. The first kappa shape index (κ1) is 15.4. The van der Waals surface area contributed by atoms with Crippen LogP contribution in [0.1, 0.15) is 24.5 Å². The maximum Gasteiger partial charge on any atom is 0.136 e. The third-order valence-electron chi connectivity index (χ3n) is 3.52. The van der Waals surface area contributed by atoms with Gasteiger partial charge in [0.25, 0.3) is 0 Å². The molecule has 0 aromatic heterocycles. The number of benzene rings is 2. The van der Waals surface area contributed by atoms with Crippen LogP contribution in [0.2, 0.25) is 0 Å². The van der Waals surface area contributed by atoms with Crippen LogP contribution < -0.4 is 0 Å². The van der Waals surface area contributed by atoms with E-state index >= 15 is 0 Å². The van der Waals surface area contributed by atoms with E-state index < -0.39 is 11.6 Å². The summed E-state index contributed by atoms with van der Waals surface area (Å²) in [7, 11) is 0. The van der Waals surface area contributed by atoms with Crippen molar-refractivity contribution < 1.29 is 13.6 Å². The van der Waals surface area contributed by atoms with Gasteiger partial charge in [-0.2, -0.15) is 0 Å². The van der Waals surface area contributed by atoms with Crippen molar-refractivity contribution in [3.63, 3.8) is 0 Å². The first-order valence-corrected chi connectivity index (χ1v) is 7.06. The first-order chi connectivity index (χ1) is 10.0. The topological polar surface area (TPSA) is 17.1 Å². The number of carbonyl (C=O) groups is 1. The van der Waals surface area contributed by atoms with Gasteiger partial charge in [-0.3, -0.25) is 4.79 Å². The van der Waals surface area contributed by atoms with Crippen molar-refractivity contribution in [2.45, 2.75) is 26.2 Å². The normalized spacial score (nSPS) is 12.1. The Morgan fingerprint density at radius 1 is 1.00 bits per heavy atom. The molecule has 2 aromatic carbocycles. The molecule has 0 unspecified atom stereocenters. The molecule has 0 aliphatic carbocycles. The Labute approximate surface area is 123 Å². The summed E-state index contributed by atoms with van der Waals surface area (Å²) in [6, 6.07) is 13.2. The highest BCUT2D eigenvalue weighted by atomic mass is 19.1. The van der Waals surface area contributed by atoms with E-state index in [4.69, 9.17) is 0 Å². The van der Waals surface area contributed by atoms with Gasteiger partial charge < -0.3 is 0 Å². The van der Waals surface area contributed by atoms with Gasteiger partial charge in [-0.05, 0) is 36.1 Å². The van der Waals surface area contributed by atoms with Gasteiger partial charge in [-0.25, -0.2) is 8.78 Å². The fourth-order valence-corrected chi connectivity index (χ4v) is 2.35. The molecule has 0 heterocycles. The lowest BCUT2D eigenvalue weighted by Gasteiger charge is -2.11. The highest BCUT2D eigenvalue weighted by molar-refractivity contribution is 5.81. The van der Waals surface area contributed by atoms with E-state index in [0.29, 0.717) is 24.8 Å². The fraction of sp³-hybridized carbons (Fsp3) is 0.278. The van der Waals surface area contributed by atoms with Crippen LogP contribution in [0.3, 0.4) is 0 Å². The Hall–Kier alpha value is -2.03. The monoisotopic (exact) mass is 288 g/mol. The van der Waals surface area contributed by atoms with E-state index in [-0.39, 0.29) is 11.7 Å². The molecule has 0 N–H and O–H groups in total. The highest BCUT2D eigenvalue weighted by Crippen LogP contribution is 2.15. The van der Waals surface area contributed by atoms with Gasteiger partial charge in [0.15, 0.2) is 0 Å². The lowest BCUT2D eigenvalue weighted by Crippen LogP contribution is -2.14. The average molecular weight is 288 g/mol. The van der Waals surface area contributed by atoms with Gasteiger partial charge in [0.2, 0.25) is 0 Å². The first-order valence-electron chi connectivity index (χ1n) is 7.06. The third-order valence-corrected chi connectivity index (χ3v) is 3.52. The molecular formula is C18H18F2O. The summed E-state index contributed by atoms with van der Waals surface area (Å²) < 4.78 is 26.2. The Morgan fingerprint density at radius 2 is 1.62 bits per heavy atom. The molecule has 0 radical (unpaired) electrons. The SMILES string of the molecule is C[C@@H](Cc1cc(F)cc(F)c1)C(=O)CCc1ccccc1. The van der Waals surface area contributed by atoms with E-state index in [9.17, 15) is 13.6 Å². The molecule has 1 atom stereocenters. The second kappa shape index (κ2) is 7.11. The number of carbonyl (C=O) groups excluding carboxylic acids is 1. The molecule has 21 heavy (non-hydrogen) atoms. The molecular weight excluding hydrogens is 270 g/mol. The predicted molar refractivity (Wildman–Crippen MR) is 79.0 cm³/mol. The zero-order valence-corrected chi connectivity index (χ0v) is 12.0. The molecule has 0 aliphatic rings. The largest absolute Gasteiger partial charge is 0.299 e. The standard InChI is InChI=1S/C18H18F2O/c1-13(9-15-10-16(19)12-17(20)11-15)18(21)8-7-14-5-3-2-4-6-14/h2-6,10-13H,7-9H2,1H3/t13-/m0/s1. The van der Waals surface area contributed by atoms with Gasteiger partial charge in [-0.15, -0.1) is 0 Å². The number of ketones is 1. The predicted octanol–water partition coefficient (Wildman–Crippen LogP) is 4.35. The Morgan fingerprint density at radius 3 is 2.24 bits per heavy atom. The average Bonchev–Trinajstić information content (AvgIpc) is 2.44. The molecule has 110 valence electrons. The molecule has 0 saturated heterocycles. The number of Topliss-reactive ketones (excluding diaryl/α,β-unsaturated/α-hetero) is 1. The number of hydrogen-bond donors (Lipinski definition) is 0. The number of halogens is 2. The molecule has 2 rings (SSSR count). The van der Waals surface area contributed by atoms with Gasteiger partial charge in [0.05, 0.1) is 0 Å². The van der Waals surface area contributed by atoms with Gasteiger partial charge in [0, 0.05) is 18.4 Å². The van der Waals surface area contributed by atoms with Crippen molar-refractivity contribution in [2.75, 3.05) is 0 Å². The lowest BCUT2D eigenvalue weighted by molar-refractivity contribution is -0.122. The summed E-state index contributed by atoms with van der Waals surface area (Å²) in [5, 5.41) is 0. The zero-order valence-electron chi connectivity index (χ0n) is 12.0. The Bertz CT molecular complexity index is 588. The maximum absolute atomic E-state index is 13.1. The van der Waals surface area contributed by atoms with Crippen LogP contribution in [-0.2, 0) is 17.6 Å². The van der Waals surface area contributed by atoms with Crippen LogP contribution in [0.5, 0.6) is 0 Å². The molecule has 0 fully saturated rings. The minimum Gasteiger partial charge on any atom is -0.299 e. The highest BCUT2D eigenvalue weighted by Gasteiger charge is 2.14. The van der Waals surface area contributed by atoms with E-state index in [2.05, 4.69) is 0 Å². The van der Waals surface area contributed by atoms with Crippen LogP contribution in [-0.4, -0.2) is 5.78 Å². The molecule has 3 heteroatoms. The number of aryl methyl sites for hydroxylation is 1. The summed E-state index contributed by atoms with van der Waals surface area (Å²) in [5.41, 5.74) is 1.64. The number of hydrogen-bond acceptors (Lipinski definition) is 1. The van der Waals surface area contributed by atoms with Crippen LogP contribution in [0, 0.1) is 17.6 Å². The van der Waals surface area contributed by atoms with E-state index in [0.717, 1.165) is 11.6 Å². The maximum atomic E-state index is 13.1. The smallest absolute Gasteiger partial charge is 0.136 e. The molecule has 0 aliphatic heterocycles. The second-order valence-corrected chi connectivity index (χ2v) is 5.33. The summed E-state index contributed by atoms with van der Waals surface area (Å²) in [4.78, 5) is 12.1. The summed E-state index contributed by atoms with van der Waals surface area (Å²) in [6.07, 6.45) is 1.51. The van der Waals surface area contributed by atoms with Crippen molar-refractivity contribution in [2.24, 2.45) is 5.92 Å². The Balaban J connectivity index is 1.90. The summed E-state index contributed by atoms with van der Waals surface area (Å²) in [6.45, 7) is 1.80. The fourth-order valence-electron chi connectivity index (χ4n) is 2.35. The van der Waals surface area contributed by atoms with Crippen LogP contribution in [0.25, 0.3) is 0 Å². The Kier molecular flexibility index (Phi) is 5.20. The minimum absolute atomic E-state index is 0.114. The van der Waals surface area contributed by atoms with Crippen molar-refractivity contribution in [1.82, 2.24) is 0 Å². The third kappa shape index (κ3) is 4.78. The van der Waals surface area contributed by atoms with Gasteiger partial charge in [-0.1, -0.05) is 37.3 Å². The van der Waals surface area contributed by atoms with Crippen LogP contribution >= 0.6 is 0 Å². The van der Waals surface area contributed by atoms with Gasteiger partial charge >= 0.3 is 0 Å². The molecule has 2 aromatic rings. The van der Waals surface area contributed by atoms with Gasteiger partial charge in [0.1, 0.15) is 17.4 Å². The summed E-state index contributed by atoms with van der Waals surface area (Å²) >= 11 is 0. The molecule has 1 nitrogen and oxygen atoms in total. The minimum atomic E-state index is -0.603. The van der Waals surface area contributed by atoms with E-state index in [1.54, 1.807) is 6.92 Å². The lowest BCUT2D eigenvalue weighted by atomic mass is 9.93. The van der Waals surface area contributed by atoms with Crippen LogP contribution in [0.4, 0.5) is 8.78 Å². The quantitative estimate of drug-likeness (QED) is 0.772. The van der Waals surface area contributed by atoms with Crippen molar-refractivity contribution in [3.8, 4) is 0 Å².